The number of fused-ring (bicyclic) bond motifs is 1. The van der Waals surface area contributed by atoms with E-state index in [4.69, 9.17) is 23.7 Å². The van der Waals surface area contributed by atoms with Gasteiger partial charge < -0.3 is 39.4 Å². The van der Waals surface area contributed by atoms with Gasteiger partial charge in [0.25, 0.3) is 0 Å². The molecule has 0 bridgehead atoms. The van der Waals surface area contributed by atoms with Gasteiger partial charge in [-0.3, -0.25) is 49.1 Å². The molecule has 3 aromatic carbocycles. The lowest BCUT2D eigenvalue weighted by atomic mass is 9.71. The molecule has 3 atom stereocenters. The quantitative estimate of drug-likeness (QED) is 0.0355. The maximum absolute atomic E-state index is 12.5. The number of nitrogens with one attached hydrogen (secondary N) is 4. The molecular formula is C93H159N5O15. The van der Waals surface area contributed by atoms with Gasteiger partial charge in [0.05, 0.1) is 51.9 Å². The Kier molecular flexibility index (Phi) is 42.9. The third-order valence-electron chi connectivity index (χ3n) is 17.0. The second-order valence-corrected chi connectivity index (χ2v) is 42.8. The predicted octanol–water partition coefficient (Wildman–Crippen LogP) is 21.1. The number of imide groups is 1. The minimum Gasteiger partial charge on any atom is -0.504 e. The van der Waals surface area contributed by atoms with Gasteiger partial charge >= 0.3 is 18.1 Å². The largest absolute Gasteiger partial charge is 0.504 e. The van der Waals surface area contributed by atoms with Crippen molar-refractivity contribution in [2.45, 2.75) is 348 Å². The normalized spacial score (nSPS) is 13.7. The van der Waals surface area contributed by atoms with Crippen LogP contribution >= 0.6 is 0 Å². The number of amides is 4. The molecular weight excluding hydrogens is 1430 g/mol. The minimum absolute atomic E-state index is 0.0109. The molecule has 20 nitrogen and oxygen atoms in total. The first-order valence-corrected chi connectivity index (χ1v) is 40.3. The van der Waals surface area contributed by atoms with Crippen LogP contribution in [-0.2, 0) is 54.2 Å². The second-order valence-electron chi connectivity index (χ2n) is 42.8. The highest BCUT2D eigenvalue weighted by Gasteiger charge is 2.36. The number of aryl methyl sites for hydroxylation is 1. The molecule has 0 aromatic heterocycles. The van der Waals surface area contributed by atoms with Gasteiger partial charge in [0.1, 0.15) is 29.2 Å². The van der Waals surface area contributed by atoms with E-state index in [1.807, 2.05) is 141 Å². The lowest BCUT2D eigenvalue weighted by Gasteiger charge is -2.38. The van der Waals surface area contributed by atoms with Gasteiger partial charge in [-0.05, 0) is 176 Å². The van der Waals surface area contributed by atoms with Crippen LogP contribution in [-0.4, -0.2) is 131 Å². The monoisotopic (exact) mass is 1590 g/mol. The number of anilines is 1. The van der Waals surface area contributed by atoms with Gasteiger partial charge in [-0.15, -0.1) is 0 Å². The molecule has 3 unspecified atom stereocenters. The van der Waals surface area contributed by atoms with Crippen LogP contribution in [0.25, 0.3) is 0 Å². The number of aromatic hydroxyl groups is 1. The van der Waals surface area contributed by atoms with Crippen LogP contribution in [0.3, 0.4) is 0 Å². The number of likely N-dealkylation sites (N-methyl/N-ethyl adjacent to an activating group) is 1. The summed E-state index contributed by atoms with van der Waals surface area (Å²) in [6.45, 7) is 78.8. The van der Waals surface area contributed by atoms with Crippen molar-refractivity contribution in [3.05, 3.63) is 82.9 Å². The molecule has 0 spiro atoms. The molecule has 3 aromatic rings. The van der Waals surface area contributed by atoms with Crippen LogP contribution in [0.4, 0.5) is 15.3 Å². The highest BCUT2D eigenvalue weighted by atomic mass is 16.6. The Labute approximate surface area is 685 Å². The summed E-state index contributed by atoms with van der Waals surface area (Å²) in [6.07, 6.45) is 1.81. The van der Waals surface area contributed by atoms with E-state index in [9.17, 15) is 48.3 Å². The summed E-state index contributed by atoms with van der Waals surface area (Å²) in [5, 5.41) is 21.3. The third-order valence-corrected chi connectivity index (χ3v) is 17.0. The number of hydrogen-bond acceptors (Lipinski definition) is 17. The number of carbonyl (C=O) groups is 9. The molecule has 0 saturated carbocycles. The van der Waals surface area contributed by atoms with Crippen LogP contribution < -0.4 is 30.7 Å². The van der Waals surface area contributed by atoms with E-state index in [1.54, 1.807) is 60.8 Å². The maximum Gasteiger partial charge on any atom is 0.411 e. The van der Waals surface area contributed by atoms with Crippen LogP contribution in [0.1, 0.15) is 329 Å². The van der Waals surface area contributed by atoms with Gasteiger partial charge in [-0.25, -0.2) is 9.59 Å². The molecule has 5 N–H and O–H groups in total. The van der Waals surface area contributed by atoms with E-state index < -0.39 is 40.6 Å². The second kappa shape index (κ2) is 44.9. The Morgan fingerprint density at radius 1 is 0.584 bits per heavy atom. The fraction of sp³-hybridized carbons (Fsp3) is 0.710. The van der Waals surface area contributed by atoms with E-state index in [2.05, 4.69) is 155 Å². The van der Waals surface area contributed by atoms with Crippen molar-refractivity contribution in [2.75, 3.05) is 45.3 Å². The number of ketones is 5. The van der Waals surface area contributed by atoms with Crippen molar-refractivity contribution in [3.8, 4) is 17.2 Å². The zero-order chi connectivity index (χ0) is 89.0. The van der Waals surface area contributed by atoms with E-state index >= 15 is 0 Å². The number of esters is 1. The number of urea groups is 1. The number of phenols is 1. The number of benzene rings is 3. The molecule has 0 fully saturated rings. The molecule has 0 radical (unpaired) electrons. The molecule has 1 aliphatic heterocycles. The highest BCUT2D eigenvalue weighted by Crippen LogP contribution is 2.43. The van der Waals surface area contributed by atoms with Gasteiger partial charge in [-0.1, -0.05) is 209 Å². The number of nitrogens with zero attached hydrogens (tertiary/aromatic N) is 1. The number of rotatable bonds is 22. The van der Waals surface area contributed by atoms with Crippen molar-refractivity contribution in [3.63, 3.8) is 0 Å². The Bertz CT molecular complexity index is 3490. The summed E-state index contributed by atoms with van der Waals surface area (Å²) < 4.78 is 27.3. The van der Waals surface area contributed by atoms with Crippen molar-refractivity contribution in [1.82, 2.24) is 20.9 Å². The smallest absolute Gasteiger partial charge is 0.411 e. The molecule has 4 rings (SSSR count). The third kappa shape index (κ3) is 50.2. The summed E-state index contributed by atoms with van der Waals surface area (Å²) in [5.74, 6) is 0.970. The molecule has 646 valence electrons. The van der Waals surface area contributed by atoms with E-state index in [0.717, 1.165) is 36.4 Å². The first-order chi connectivity index (χ1) is 50.5. The Balaban J connectivity index is 0. The summed E-state index contributed by atoms with van der Waals surface area (Å²) in [7, 11) is 1.58. The topological polar surface area (TPSA) is 271 Å². The fourth-order valence-electron chi connectivity index (χ4n) is 10.7. The highest BCUT2D eigenvalue weighted by molar-refractivity contribution is 6.40. The molecule has 0 saturated heterocycles. The lowest BCUT2D eigenvalue weighted by Crippen LogP contribution is -2.50. The number of carbonyl (C=O) groups excluding carboxylic acids is 9. The zero-order valence-corrected chi connectivity index (χ0v) is 78.1. The van der Waals surface area contributed by atoms with Gasteiger partial charge in [0.2, 0.25) is 11.7 Å². The van der Waals surface area contributed by atoms with E-state index in [1.165, 1.54) is 11.1 Å². The maximum atomic E-state index is 12.5. The first-order valence-electron chi connectivity index (χ1n) is 40.3. The van der Waals surface area contributed by atoms with Crippen molar-refractivity contribution in [2.24, 2.45) is 43.3 Å². The number of Topliss-reactive ketones (excluding diaryl/α,β-unsaturated/α-hetero) is 5. The predicted molar refractivity (Wildman–Crippen MR) is 462 cm³/mol. The SMILES string of the molecule is CC(C)(C)C(=O)CC(c1ccc2c(c1)CCO2)C(C)(C)C.CC(C)(C)CC(=O)C(=O)CC(=O)C(C)(C)C.CC(C)(C)CC(=O)OCCC(COC(C)(C)C)OC(=O)Nc1ccccc1.CC(C)(C)NC(=O)NC(=O)C(C)(C)C.CCN(CC(=O)CC(C)(C)C)C(C)(C)C.COc1cc(C(NC(C)(C)C)C(C)(C)C)cc(C)c1O. The van der Waals surface area contributed by atoms with E-state index in [-0.39, 0.29) is 116 Å². The van der Waals surface area contributed by atoms with Crippen molar-refractivity contribution in [1.29, 1.82) is 0 Å². The summed E-state index contributed by atoms with van der Waals surface area (Å²) in [5.41, 5.74) is 3.09. The minimum atomic E-state index is -0.565. The van der Waals surface area contributed by atoms with Gasteiger partial charge in [-0.2, -0.15) is 0 Å². The number of methoxy groups -OCH3 is 1. The number of phenolic OH excluding ortho intramolecular Hbond substituents is 1. The van der Waals surface area contributed by atoms with Crippen molar-refractivity contribution >= 4 is 58.6 Å². The van der Waals surface area contributed by atoms with E-state index in [0.29, 0.717) is 55.2 Å². The molecule has 20 heteroatoms. The lowest BCUT2D eigenvalue weighted by molar-refractivity contribution is -0.147. The first kappa shape index (κ1) is 108. The zero-order valence-electron chi connectivity index (χ0n) is 78.1. The molecule has 1 aliphatic rings. The van der Waals surface area contributed by atoms with Crippen LogP contribution in [0.2, 0.25) is 0 Å². The van der Waals surface area contributed by atoms with Crippen LogP contribution in [0.15, 0.2) is 60.7 Å². The van der Waals surface area contributed by atoms with Gasteiger partial charge in [0, 0.05) is 76.7 Å². The van der Waals surface area contributed by atoms with Crippen LogP contribution in [0.5, 0.6) is 17.2 Å². The molecule has 4 amide bonds. The van der Waals surface area contributed by atoms with Crippen molar-refractivity contribution < 1.29 is 71.9 Å². The standard InChI is InChI=1S/C21H33NO5.C19H28O2.C17H29NO2.C13H27NO.C13H22O3.C10H20N2O2/c1-20(2,3)14-18(23)25-13-12-17(15-26-21(4,5)6)27-19(24)22-16-10-8-7-9-11-16;1-18(2,3)15(12-17(20)19(4,5)6)13-7-8-16-14(11-13)9-10-21-16;1-11-9-12(10-13(20-8)14(11)19)15(16(2,3)4)18-17(5,6)7;1-8-14(13(5,6)7)10-11(15)9-12(2,3)4;1-12(2,3)8-10(15)9(14)7-11(16)13(4,5)6;1-9(2,3)7(13)11-8(14)12-10(4,5)6/h7-11,17H,12-15H2,1-6H3,(H,22,24);7-8,11,15H,9-10,12H2,1-6H3;9-10,15,18-19H,1-8H3;8-10H2,1-7H3;7-8H2,1-6H3;1-6H3,(H2,11,12,13,14). The number of hydrogen-bond donors (Lipinski definition) is 5. The fourth-order valence-corrected chi connectivity index (χ4v) is 10.7. The molecule has 113 heavy (non-hydrogen) atoms. The average molecular weight is 1590 g/mol. The summed E-state index contributed by atoms with van der Waals surface area (Å²) in [4.78, 5) is 108. The average Bonchev–Trinajstić information content (AvgIpc) is 1.77. The summed E-state index contributed by atoms with van der Waals surface area (Å²) >= 11 is 0. The Hall–Kier alpha value is -7.03. The molecule has 1 heterocycles. The van der Waals surface area contributed by atoms with Crippen LogP contribution in [0, 0.1) is 50.2 Å². The Morgan fingerprint density at radius 2 is 1.11 bits per heavy atom. The molecule has 0 aliphatic carbocycles. The van der Waals surface area contributed by atoms with Gasteiger partial charge in [0.15, 0.2) is 17.3 Å². The number of ether oxygens (including phenoxy) is 5. The Morgan fingerprint density at radius 3 is 1.53 bits per heavy atom. The summed E-state index contributed by atoms with van der Waals surface area (Å²) in [6, 6.07) is 19.2. The number of para-hydroxylation sites is 1.